The minimum absolute atomic E-state index is 0.311. The highest BCUT2D eigenvalue weighted by atomic mass is 32.1. The van der Waals surface area contributed by atoms with Gasteiger partial charge in [0, 0.05) is 7.05 Å². The van der Waals surface area contributed by atoms with Crippen LogP contribution in [0.4, 0.5) is 4.79 Å². The normalized spacial score (nSPS) is 15.8. The number of rotatable bonds is 6. The molecule has 4 aromatic rings. The number of carbonyl (C=O) groups excluding carboxylic acids is 3. The molecule has 0 spiro atoms. The number of para-hydroxylation sites is 1. The van der Waals surface area contributed by atoms with E-state index < -0.39 is 17.5 Å². The standard InChI is InChI=1S/C27H24N4O3S/c1-18(24-28-21-15-9-10-16-22(21)35-24)30(2)23(32)17-31-25(33)27(29-26(31)34,19-11-5-3-6-12-19)20-13-7-4-8-14-20/h3-16,18H,17H2,1-2H3,(H,29,34). The Morgan fingerprint density at radius 2 is 1.54 bits per heavy atom. The number of hydrogen-bond acceptors (Lipinski definition) is 5. The summed E-state index contributed by atoms with van der Waals surface area (Å²) in [6.45, 7) is 1.53. The molecular weight excluding hydrogens is 460 g/mol. The van der Waals surface area contributed by atoms with E-state index in [2.05, 4.69) is 10.3 Å². The van der Waals surface area contributed by atoms with Crippen LogP contribution in [0.1, 0.15) is 29.1 Å². The molecule has 4 amide bonds. The van der Waals surface area contributed by atoms with Gasteiger partial charge in [0.05, 0.1) is 16.3 Å². The summed E-state index contributed by atoms with van der Waals surface area (Å²) in [6.07, 6.45) is 0. The predicted octanol–water partition coefficient (Wildman–Crippen LogP) is 4.31. The van der Waals surface area contributed by atoms with Crippen molar-refractivity contribution in [1.82, 2.24) is 20.1 Å². The fourth-order valence-corrected chi connectivity index (χ4v) is 5.41. The average Bonchev–Trinajstić information content (AvgIpc) is 3.44. The molecule has 176 valence electrons. The number of imide groups is 1. The number of nitrogens with zero attached hydrogens (tertiary/aromatic N) is 3. The van der Waals surface area contributed by atoms with Gasteiger partial charge in [-0.15, -0.1) is 11.3 Å². The first-order valence-corrected chi connectivity index (χ1v) is 12.1. The molecule has 1 unspecified atom stereocenters. The molecule has 1 aliphatic heterocycles. The Balaban J connectivity index is 1.41. The van der Waals surface area contributed by atoms with Crippen molar-refractivity contribution in [2.45, 2.75) is 18.5 Å². The van der Waals surface area contributed by atoms with Crippen LogP contribution in [-0.2, 0) is 15.1 Å². The van der Waals surface area contributed by atoms with Gasteiger partial charge in [-0.25, -0.2) is 9.78 Å². The van der Waals surface area contributed by atoms with Gasteiger partial charge in [-0.1, -0.05) is 72.8 Å². The highest BCUT2D eigenvalue weighted by Crippen LogP contribution is 2.36. The van der Waals surface area contributed by atoms with Crippen LogP contribution in [0.5, 0.6) is 0 Å². The van der Waals surface area contributed by atoms with Crippen LogP contribution in [0.25, 0.3) is 10.2 Å². The van der Waals surface area contributed by atoms with Crippen LogP contribution in [0, 0.1) is 0 Å². The summed E-state index contributed by atoms with van der Waals surface area (Å²) in [4.78, 5) is 47.3. The van der Waals surface area contributed by atoms with Crippen molar-refractivity contribution in [2.24, 2.45) is 0 Å². The lowest BCUT2D eigenvalue weighted by Crippen LogP contribution is -2.46. The number of carbonyl (C=O) groups is 3. The summed E-state index contributed by atoms with van der Waals surface area (Å²) in [6, 6.07) is 25.1. The minimum Gasteiger partial charge on any atom is -0.335 e. The molecule has 0 aliphatic carbocycles. The van der Waals surface area contributed by atoms with Crippen molar-refractivity contribution in [3.05, 3.63) is 101 Å². The molecule has 35 heavy (non-hydrogen) atoms. The number of nitrogens with one attached hydrogen (secondary N) is 1. The third-order valence-electron chi connectivity index (χ3n) is 6.45. The van der Waals surface area contributed by atoms with Crippen LogP contribution < -0.4 is 5.32 Å². The van der Waals surface area contributed by atoms with Crippen molar-refractivity contribution in [3.63, 3.8) is 0 Å². The molecule has 7 nitrogen and oxygen atoms in total. The van der Waals surface area contributed by atoms with E-state index in [4.69, 9.17) is 0 Å². The Morgan fingerprint density at radius 1 is 0.971 bits per heavy atom. The molecule has 0 bridgehead atoms. The lowest BCUT2D eigenvalue weighted by molar-refractivity contribution is -0.138. The molecule has 3 aromatic carbocycles. The Bertz CT molecular complexity index is 1330. The fourth-order valence-electron chi connectivity index (χ4n) is 4.35. The number of likely N-dealkylation sites (N-methyl/N-ethyl adjacent to an activating group) is 1. The molecule has 1 atom stereocenters. The van der Waals surface area contributed by atoms with E-state index in [1.165, 1.54) is 16.2 Å². The number of thiazole rings is 1. The maximum Gasteiger partial charge on any atom is 0.326 e. The van der Waals surface area contributed by atoms with Crippen molar-refractivity contribution in [1.29, 1.82) is 0 Å². The van der Waals surface area contributed by atoms with E-state index in [-0.39, 0.29) is 18.5 Å². The van der Waals surface area contributed by atoms with Crippen molar-refractivity contribution in [3.8, 4) is 0 Å². The van der Waals surface area contributed by atoms with Gasteiger partial charge < -0.3 is 10.2 Å². The van der Waals surface area contributed by atoms with Crippen molar-refractivity contribution >= 4 is 39.4 Å². The molecule has 0 radical (unpaired) electrons. The molecule has 2 heterocycles. The van der Waals surface area contributed by atoms with Crippen LogP contribution >= 0.6 is 11.3 Å². The van der Waals surface area contributed by atoms with Crippen LogP contribution in [-0.4, -0.2) is 46.2 Å². The zero-order valence-electron chi connectivity index (χ0n) is 19.3. The highest BCUT2D eigenvalue weighted by Gasteiger charge is 2.54. The second-order valence-electron chi connectivity index (χ2n) is 8.50. The highest BCUT2D eigenvalue weighted by molar-refractivity contribution is 7.18. The van der Waals surface area contributed by atoms with E-state index in [0.29, 0.717) is 11.1 Å². The Kier molecular flexibility index (Phi) is 5.82. The number of fused-ring (bicyclic) bond motifs is 1. The molecule has 1 fully saturated rings. The first-order chi connectivity index (χ1) is 16.9. The maximum atomic E-state index is 13.8. The number of urea groups is 1. The number of amides is 4. The second-order valence-corrected chi connectivity index (χ2v) is 9.57. The predicted molar refractivity (Wildman–Crippen MR) is 135 cm³/mol. The van der Waals surface area contributed by atoms with Gasteiger partial charge in [-0.05, 0) is 30.2 Å². The van der Waals surface area contributed by atoms with Crippen LogP contribution in [0.15, 0.2) is 84.9 Å². The zero-order valence-corrected chi connectivity index (χ0v) is 20.2. The van der Waals surface area contributed by atoms with Crippen molar-refractivity contribution in [2.75, 3.05) is 13.6 Å². The first kappa shape index (κ1) is 22.7. The van der Waals surface area contributed by atoms with Gasteiger partial charge in [0.15, 0.2) is 5.54 Å². The summed E-state index contributed by atoms with van der Waals surface area (Å²) in [7, 11) is 1.67. The van der Waals surface area contributed by atoms with E-state index in [1.54, 1.807) is 31.3 Å². The average molecular weight is 485 g/mol. The van der Waals surface area contributed by atoms with Gasteiger partial charge in [0.1, 0.15) is 11.6 Å². The summed E-state index contributed by atoms with van der Waals surface area (Å²) < 4.78 is 1.04. The Hall–Kier alpha value is -4.04. The van der Waals surface area contributed by atoms with Gasteiger partial charge >= 0.3 is 6.03 Å². The Labute approximate surface area is 207 Å². The third-order valence-corrected chi connectivity index (χ3v) is 7.66. The lowest BCUT2D eigenvalue weighted by atomic mass is 9.82. The number of benzene rings is 3. The Morgan fingerprint density at radius 3 is 2.14 bits per heavy atom. The lowest BCUT2D eigenvalue weighted by Gasteiger charge is -2.28. The fraction of sp³-hybridized carbons (Fsp3) is 0.185. The largest absolute Gasteiger partial charge is 0.335 e. The molecule has 1 saturated heterocycles. The van der Waals surface area contributed by atoms with Crippen LogP contribution in [0.3, 0.4) is 0 Å². The van der Waals surface area contributed by atoms with E-state index in [0.717, 1.165) is 20.1 Å². The molecule has 1 aliphatic rings. The summed E-state index contributed by atoms with van der Waals surface area (Å²) >= 11 is 1.52. The van der Waals surface area contributed by atoms with Gasteiger partial charge in [0.25, 0.3) is 5.91 Å². The summed E-state index contributed by atoms with van der Waals surface area (Å²) in [5, 5.41) is 3.67. The monoisotopic (exact) mass is 484 g/mol. The number of hydrogen-bond donors (Lipinski definition) is 1. The molecular formula is C27H24N4O3S. The second kappa shape index (κ2) is 8.96. The minimum atomic E-state index is -1.39. The molecule has 8 heteroatoms. The smallest absolute Gasteiger partial charge is 0.326 e. The molecule has 5 rings (SSSR count). The first-order valence-electron chi connectivity index (χ1n) is 11.3. The SMILES string of the molecule is CC(c1nc2ccccc2s1)N(C)C(=O)CN1C(=O)NC(c2ccccc2)(c2ccccc2)C1=O. The van der Waals surface area contributed by atoms with Crippen molar-refractivity contribution < 1.29 is 14.4 Å². The third kappa shape index (κ3) is 3.85. The molecule has 1 N–H and O–H groups in total. The molecule has 0 saturated carbocycles. The van der Waals surface area contributed by atoms with Gasteiger partial charge in [0.2, 0.25) is 5.91 Å². The molecule has 1 aromatic heterocycles. The van der Waals surface area contributed by atoms with Gasteiger partial charge in [-0.2, -0.15) is 0 Å². The van der Waals surface area contributed by atoms with Crippen LogP contribution in [0.2, 0.25) is 0 Å². The maximum absolute atomic E-state index is 13.8. The van der Waals surface area contributed by atoms with E-state index in [1.807, 2.05) is 67.6 Å². The topological polar surface area (TPSA) is 82.6 Å². The number of aromatic nitrogens is 1. The summed E-state index contributed by atoms with van der Waals surface area (Å²) in [5.41, 5.74) is 0.757. The van der Waals surface area contributed by atoms with Gasteiger partial charge in [-0.3, -0.25) is 14.5 Å². The zero-order chi connectivity index (χ0) is 24.6. The quantitative estimate of drug-likeness (QED) is 0.414. The van der Waals surface area contributed by atoms with E-state index >= 15 is 0 Å². The van der Waals surface area contributed by atoms with E-state index in [9.17, 15) is 14.4 Å². The summed E-state index contributed by atoms with van der Waals surface area (Å²) in [5.74, 6) is -0.827.